The van der Waals surface area contributed by atoms with Crippen LogP contribution in [-0.4, -0.2) is 36.0 Å². The first-order chi connectivity index (χ1) is 11.1. The van der Waals surface area contributed by atoms with E-state index in [0.29, 0.717) is 23.5 Å². The molecule has 1 amide bonds. The third-order valence-electron chi connectivity index (χ3n) is 4.34. The number of hydrogen-bond acceptors (Lipinski definition) is 5. The van der Waals surface area contributed by atoms with Gasteiger partial charge in [-0.3, -0.25) is 14.8 Å². The largest absolute Gasteiger partial charge is 0.369 e. The van der Waals surface area contributed by atoms with Crippen molar-refractivity contribution in [1.29, 1.82) is 5.26 Å². The van der Waals surface area contributed by atoms with Crippen LogP contribution in [-0.2, 0) is 4.79 Å². The number of carbonyl (C=O) groups excluding carboxylic acids is 1. The van der Waals surface area contributed by atoms with Crippen molar-refractivity contribution in [3.8, 4) is 6.07 Å². The summed E-state index contributed by atoms with van der Waals surface area (Å²) in [6, 6.07) is 5.85. The highest BCUT2D eigenvalue weighted by molar-refractivity contribution is 5.92. The number of rotatable bonds is 2. The third kappa shape index (κ3) is 2.82. The van der Waals surface area contributed by atoms with E-state index in [4.69, 9.17) is 0 Å². The summed E-state index contributed by atoms with van der Waals surface area (Å²) in [4.78, 5) is 23.0. The zero-order chi connectivity index (χ0) is 16.4. The molecule has 3 rings (SSSR count). The number of benzene rings is 1. The van der Waals surface area contributed by atoms with Gasteiger partial charge in [0.15, 0.2) is 0 Å². The number of hydrogen-bond donors (Lipinski definition) is 1. The van der Waals surface area contributed by atoms with Crippen LogP contribution in [0.15, 0.2) is 24.5 Å². The average molecular weight is 309 g/mol. The molecule has 2 heterocycles. The van der Waals surface area contributed by atoms with Gasteiger partial charge < -0.3 is 10.2 Å². The Balaban J connectivity index is 2.03. The monoisotopic (exact) mass is 309 g/mol. The highest BCUT2D eigenvalue weighted by Gasteiger charge is 2.30. The summed E-state index contributed by atoms with van der Waals surface area (Å²) in [5.74, 6) is 0.449. The van der Waals surface area contributed by atoms with Crippen molar-refractivity contribution in [2.24, 2.45) is 11.8 Å². The Labute approximate surface area is 135 Å². The SMILES string of the molecule is CNC(=O)C1CC(C)CN(c2ccc(C#N)c3nccnc23)C1. The maximum Gasteiger partial charge on any atom is 0.224 e. The molecule has 0 saturated carbocycles. The lowest BCUT2D eigenvalue weighted by Crippen LogP contribution is -2.45. The van der Waals surface area contributed by atoms with E-state index in [2.05, 4.69) is 33.2 Å². The predicted octanol–water partition coefficient (Wildman–Crippen LogP) is 1.71. The molecule has 2 atom stereocenters. The Morgan fingerprint density at radius 2 is 2.04 bits per heavy atom. The van der Waals surface area contributed by atoms with Crippen LogP contribution in [0.25, 0.3) is 11.0 Å². The minimum atomic E-state index is -0.0360. The Hall–Kier alpha value is -2.68. The molecule has 1 aromatic heterocycles. The van der Waals surface area contributed by atoms with Crippen molar-refractivity contribution in [3.05, 3.63) is 30.1 Å². The first kappa shape index (κ1) is 15.2. The fourth-order valence-corrected chi connectivity index (χ4v) is 3.33. The molecule has 1 fully saturated rings. The third-order valence-corrected chi connectivity index (χ3v) is 4.34. The van der Waals surface area contributed by atoms with Gasteiger partial charge in [-0.25, -0.2) is 0 Å². The fourth-order valence-electron chi connectivity index (χ4n) is 3.33. The van der Waals surface area contributed by atoms with Crippen LogP contribution in [0.3, 0.4) is 0 Å². The molecule has 1 aliphatic rings. The molecule has 1 aliphatic heterocycles. The summed E-state index contributed by atoms with van der Waals surface area (Å²) in [6.45, 7) is 3.67. The molecule has 1 N–H and O–H groups in total. The van der Waals surface area contributed by atoms with Crippen LogP contribution >= 0.6 is 0 Å². The van der Waals surface area contributed by atoms with Crippen molar-refractivity contribution >= 4 is 22.6 Å². The summed E-state index contributed by atoms with van der Waals surface area (Å²) >= 11 is 0. The summed E-state index contributed by atoms with van der Waals surface area (Å²) < 4.78 is 0. The Bertz CT molecular complexity index is 782. The minimum absolute atomic E-state index is 0.0360. The number of nitriles is 1. The van der Waals surface area contributed by atoms with Crippen molar-refractivity contribution in [2.45, 2.75) is 13.3 Å². The topological polar surface area (TPSA) is 81.9 Å². The maximum absolute atomic E-state index is 12.0. The van der Waals surface area contributed by atoms with Gasteiger partial charge in [-0.1, -0.05) is 6.92 Å². The molecule has 0 radical (unpaired) electrons. The molecule has 1 aromatic carbocycles. The van der Waals surface area contributed by atoms with Crippen molar-refractivity contribution < 1.29 is 4.79 Å². The van der Waals surface area contributed by atoms with Gasteiger partial charge in [0.25, 0.3) is 0 Å². The van der Waals surface area contributed by atoms with Crippen molar-refractivity contribution in [1.82, 2.24) is 15.3 Å². The number of carbonyl (C=O) groups is 1. The van der Waals surface area contributed by atoms with Crippen LogP contribution in [0, 0.1) is 23.2 Å². The number of anilines is 1. The lowest BCUT2D eigenvalue weighted by atomic mass is 9.89. The van der Waals surface area contributed by atoms with Crippen LogP contribution in [0.1, 0.15) is 18.9 Å². The summed E-state index contributed by atoms with van der Waals surface area (Å²) in [6.07, 6.45) is 4.12. The minimum Gasteiger partial charge on any atom is -0.369 e. The quantitative estimate of drug-likeness (QED) is 0.913. The van der Waals surface area contributed by atoms with Gasteiger partial charge in [0.1, 0.15) is 17.1 Å². The molecule has 6 heteroatoms. The van der Waals surface area contributed by atoms with Gasteiger partial charge in [0, 0.05) is 32.5 Å². The number of nitrogens with one attached hydrogen (secondary N) is 1. The van der Waals surface area contributed by atoms with Crippen molar-refractivity contribution in [2.75, 3.05) is 25.0 Å². The fraction of sp³-hybridized carbons (Fsp3) is 0.412. The first-order valence-corrected chi connectivity index (χ1v) is 7.74. The molecule has 1 saturated heterocycles. The molecular weight excluding hydrogens is 290 g/mol. The Morgan fingerprint density at radius 3 is 2.74 bits per heavy atom. The van der Waals surface area contributed by atoms with E-state index < -0.39 is 0 Å². The maximum atomic E-state index is 12.0. The van der Waals surface area contributed by atoms with Gasteiger partial charge in [-0.15, -0.1) is 0 Å². The number of aromatic nitrogens is 2. The second-order valence-electron chi connectivity index (χ2n) is 6.05. The Kier molecular flexibility index (Phi) is 4.11. The zero-order valence-corrected chi connectivity index (χ0v) is 13.3. The van der Waals surface area contributed by atoms with Crippen LogP contribution in [0.5, 0.6) is 0 Å². The normalized spacial score (nSPS) is 21.0. The molecule has 0 aliphatic carbocycles. The number of piperidine rings is 1. The zero-order valence-electron chi connectivity index (χ0n) is 13.3. The molecule has 118 valence electrons. The van der Waals surface area contributed by atoms with Gasteiger partial charge in [0.2, 0.25) is 5.91 Å². The van der Waals surface area contributed by atoms with E-state index in [-0.39, 0.29) is 11.8 Å². The van der Waals surface area contributed by atoms with E-state index in [0.717, 1.165) is 24.2 Å². The van der Waals surface area contributed by atoms with Gasteiger partial charge in [-0.2, -0.15) is 5.26 Å². The number of amides is 1. The van der Waals surface area contributed by atoms with Crippen LogP contribution in [0.2, 0.25) is 0 Å². The number of nitrogens with zero attached hydrogens (tertiary/aromatic N) is 4. The van der Waals surface area contributed by atoms with E-state index in [9.17, 15) is 10.1 Å². The smallest absolute Gasteiger partial charge is 0.224 e. The Morgan fingerprint density at radius 1 is 1.30 bits per heavy atom. The summed E-state index contributed by atoms with van der Waals surface area (Å²) in [5, 5.41) is 12.0. The lowest BCUT2D eigenvalue weighted by molar-refractivity contribution is -0.125. The van der Waals surface area contributed by atoms with Gasteiger partial charge in [-0.05, 0) is 24.5 Å². The highest BCUT2D eigenvalue weighted by atomic mass is 16.1. The van der Waals surface area contributed by atoms with E-state index in [1.165, 1.54) is 0 Å². The standard InChI is InChI=1S/C17H19N5O/c1-11-7-13(17(23)19-2)10-22(9-11)14-4-3-12(8-18)15-16(14)21-6-5-20-15/h3-6,11,13H,7,9-10H2,1-2H3,(H,19,23). The molecular formula is C17H19N5O. The molecule has 23 heavy (non-hydrogen) atoms. The molecule has 0 bridgehead atoms. The van der Waals surface area contributed by atoms with E-state index in [1.807, 2.05) is 6.07 Å². The molecule has 2 unspecified atom stereocenters. The average Bonchev–Trinajstić information content (AvgIpc) is 2.59. The molecule has 0 spiro atoms. The highest BCUT2D eigenvalue weighted by Crippen LogP contribution is 2.31. The van der Waals surface area contributed by atoms with E-state index >= 15 is 0 Å². The van der Waals surface area contributed by atoms with Crippen LogP contribution < -0.4 is 10.2 Å². The van der Waals surface area contributed by atoms with Gasteiger partial charge in [0.05, 0.1) is 17.2 Å². The first-order valence-electron chi connectivity index (χ1n) is 7.74. The van der Waals surface area contributed by atoms with Crippen molar-refractivity contribution in [3.63, 3.8) is 0 Å². The molecule has 6 nitrogen and oxygen atoms in total. The predicted molar refractivity (Wildman–Crippen MR) is 87.8 cm³/mol. The molecule has 2 aromatic rings. The lowest BCUT2D eigenvalue weighted by Gasteiger charge is -2.37. The number of fused-ring (bicyclic) bond motifs is 1. The second kappa shape index (κ2) is 6.21. The summed E-state index contributed by atoms with van der Waals surface area (Å²) in [5.41, 5.74) is 2.79. The van der Waals surface area contributed by atoms with E-state index in [1.54, 1.807) is 25.5 Å². The van der Waals surface area contributed by atoms with Crippen LogP contribution in [0.4, 0.5) is 5.69 Å². The summed E-state index contributed by atoms with van der Waals surface area (Å²) in [7, 11) is 1.68. The second-order valence-corrected chi connectivity index (χ2v) is 6.05. The van der Waals surface area contributed by atoms with Gasteiger partial charge >= 0.3 is 0 Å².